The molecule has 13 heteroatoms. The number of carboxylic acid groups (broad SMARTS) is 1. The number of alkyl halides is 3. The maximum absolute atomic E-state index is 14.2. The van der Waals surface area contributed by atoms with Gasteiger partial charge in [-0.15, -0.1) is 0 Å². The number of nitrogens with one attached hydrogen (secondary N) is 2. The lowest BCUT2D eigenvalue weighted by Crippen LogP contribution is -2.29. The van der Waals surface area contributed by atoms with Gasteiger partial charge in [-0.25, -0.2) is 9.37 Å². The van der Waals surface area contributed by atoms with Crippen molar-refractivity contribution < 1.29 is 41.5 Å². The summed E-state index contributed by atoms with van der Waals surface area (Å²) in [6.45, 7) is -0.303. The van der Waals surface area contributed by atoms with Crippen LogP contribution in [0.15, 0.2) is 46.9 Å². The van der Waals surface area contributed by atoms with E-state index < -0.39 is 52.7 Å². The van der Waals surface area contributed by atoms with Gasteiger partial charge in [-0.2, -0.15) is 13.2 Å². The van der Waals surface area contributed by atoms with Crippen LogP contribution in [-0.2, 0) is 15.8 Å². The van der Waals surface area contributed by atoms with Gasteiger partial charge < -0.3 is 20.2 Å². The molecule has 1 fully saturated rings. The molecule has 8 nitrogen and oxygen atoms in total. The Labute approximate surface area is 237 Å². The minimum atomic E-state index is -5.10. The monoisotopic (exact) mass is 595 g/mol. The molecule has 0 aliphatic heterocycles. The van der Waals surface area contributed by atoms with E-state index in [0.29, 0.717) is 11.6 Å². The van der Waals surface area contributed by atoms with E-state index in [-0.39, 0.29) is 30.3 Å². The van der Waals surface area contributed by atoms with E-state index in [1.165, 1.54) is 12.1 Å². The van der Waals surface area contributed by atoms with E-state index in [0.717, 1.165) is 37.3 Å². The van der Waals surface area contributed by atoms with Crippen molar-refractivity contribution in [2.75, 3.05) is 11.9 Å². The van der Waals surface area contributed by atoms with Crippen LogP contribution in [0.5, 0.6) is 0 Å². The van der Waals surface area contributed by atoms with Crippen molar-refractivity contribution in [1.82, 2.24) is 10.3 Å². The second kappa shape index (κ2) is 12.7. The molecule has 1 aliphatic rings. The average Bonchev–Trinajstić information content (AvgIpc) is 3.35. The molecule has 0 atom stereocenters. The lowest BCUT2D eigenvalue weighted by Gasteiger charge is -2.28. The first-order chi connectivity index (χ1) is 19.4. The Morgan fingerprint density at radius 1 is 1.05 bits per heavy atom. The number of aromatic nitrogens is 1. The summed E-state index contributed by atoms with van der Waals surface area (Å²) in [6, 6.07) is 10.7. The summed E-state index contributed by atoms with van der Waals surface area (Å²) in [4.78, 5) is 39.3. The highest BCUT2D eigenvalue weighted by Crippen LogP contribution is 2.39. The highest BCUT2D eigenvalue weighted by atomic mass is 35.5. The lowest BCUT2D eigenvalue weighted by atomic mass is 9.77. The number of hydrogen-bond donors (Lipinski definition) is 3. The largest absolute Gasteiger partial charge is 0.481 e. The fourth-order valence-corrected chi connectivity index (χ4v) is 5.10. The molecule has 41 heavy (non-hydrogen) atoms. The standard InChI is InChI=1S/C28H26ClF4N3O5/c29-19-2-1-3-20(30)23(19)27-36-24(25(41-27)28(31,32)33)26(40)34-13-12-21(37)35-18-10-8-17(9-11-18)16-6-4-15(5-7-16)14-22(38)39/h1-3,8-11,15-16H,4-7,12-14H2,(H,34,40)(H,35,37)(H,38,39). The molecule has 0 radical (unpaired) electrons. The summed E-state index contributed by atoms with van der Waals surface area (Å²) < 4.78 is 59.4. The Morgan fingerprint density at radius 3 is 2.34 bits per heavy atom. The van der Waals surface area contributed by atoms with Gasteiger partial charge in [-0.3, -0.25) is 14.4 Å². The zero-order valence-corrected chi connectivity index (χ0v) is 22.3. The van der Waals surface area contributed by atoms with E-state index in [9.17, 15) is 31.9 Å². The van der Waals surface area contributed by atoms with Crippen LogP contribution in [0, 0.1) is 11.7 Å². The second-order valence-corrected chi connectivity index (χ2v) is 10.2. The van der Waals surface area contributed by atoms with Crippen molar-refractivity contribution in [3.8, 4) is 11.5 Å². The predicted octanol–water partition coefficient (Wildman–Crippen LogP) is 6.66. The number of oxazole rings is 1. The van der Waals surface area contributed by atoms with Crippen molar-refractivity contribution >= 4 is 35.1 Å². The van der Waals surface area contributed by atoms with Gasteiger partial charge in [-0.05, 0) is 67.3 Å². The second-order valence-electron chi connectivity index (χ2n) is 9.78. The van der Waals surface area contributed by atoms with Gasteiger partial charge in [0.05, 0.1) is 10.6 Å². The third-order valence-electron chi connectivity index (χ3n) is 6.89. The van der Waals surface area contributed by atoms with Crippen molar-refractivity contribution in [3.05, 3.63) is 70.3 Å². The molecule has 1 heterocycles. The predicted molar refractivity (Wildman–Crippen MR) is 141 cm³/mol. The van der Waals surface area contributed by atoms with E-state index in [1.807, 2.05) is 12.1 Å². The first-order valence-electron chi connectivity index (χ1n) is 12.8. The fourth-order valence-electron chi connectivity index (χ4n) is 4.86. The van der Waals surface area contributed by atoms with Gasteiger partial charge in [0.15, 0.2) is 5.69 Å². The van der Waals surface area contributed by atoms with Gasteiger partial charge in [0.2, 0.25) is 17.6 Å². The number of anilines is 1. The Balaban J connectivity index is 1.31. The van der Waals surface area contributed by atoms with Crippen molar-refractivity contribution in [3.63, 3.8) is 0 Å². The van der Waals surface area contributed by atoms with Crippen molar-refractivity contribution in [1.29, 1.82) is 0 Å². The number of rotatable bonds is 9. The topological polar surface area (TPSA) is 122 Å². The number of benzene rings is 2. The molecule has 4 rings (SSSR count). The zero-order chi connectivity index (χ0) is 29.7. The molecule has 218 valence electrons. The quantitative estimate of drug-likeness (QED) is 0.238. The molecule has 0 spiro atoms. The maximum atomic E-state index is 14.2. The molecule has 0 saturated heterocycles. The Hall–Kier alpha value is -3.93. The van der Waals surface area contributed by atoms with Gasteiger partial charge in [-0.1, -0.05) is 29.8 Å². The summed E-state index contributed by atoms with van der Waals surface area (Å²) in [5.74, 6) is -5.52. The summed E-state index contributed by atoms with van der Waals surface area (Å²) in [7, 11) is 0. The van der Waals surface area contributed by atoms with Gasteiger partial charge in [0.25, 0.3) is 5.91 Å². The summed E-state index contributed by atoms with van der Waals surface area (Å²) >= 11 is 5.89. The van der Waals surface area contributed by atoms with Gasteiger partial charge >= 0.3 is 12.1 Å². The minimum absolute atomic E-state index is 0.184. The number of amides is 2. The molecule has 1 aliphatic carbocycles. The first kappa shape index (κ1) is 30.0. The SMILES string of the molecule is O=C(O)CC1CCC(c2ccc(NC(=O)CCNC(=O)c3nc(-c4c(F)cccc4Cl)oc3C(F)(F)F)cc2)CC1. The van der Waals surface area contributed by atoms with E-state index in [2.05, 4.69) is 15.6 Å². The first-order valence-corrected chi connectivity index (χ1v) is 13.2. The van der Waals surface area contributed by atoms with Gasteiger partial charge in [0, 0.05) is 25.1 Å². The smallest absolute Gasteiger partial charge is 0.452 e. The minimum Gasteiger partial charge on any atom is -0.481 e. The highest BCUT2D eigenvalue weighted by molar-refractivity contribution is 6.33. The average molecular weight is 596 g/mol. The number of carbonyl (C=O) groups is 3. The Kier molecular flexibility index (Phi) is 9.31. The zero-order valence-electron chi connectivity index (χ0n) is 21.6. The molecule has 3 N–H and O–H groups in total. The molecule has 1 aromatic heterocycles. The molecule has 3 aromatic rings. The number of hydrogen-bond acceptors (Lipinski definition) is 5. The summed E-state index contributed by atoms with van der Waals surface area (Å²) in [6.07, 6.45) is -1.69. The van der Waals surface area contributed by atoms with Crippen LogP contribution < -0.4 is 10.6 Å². The molecule has 2 aromatic carbocycles. The lowest BCUT2D eigenvalue weighted by molar-refractivity contribution is -0.153. The van der Waals surface area contributed by atoms with E-state index in [4.69, 9.17) is 21.1 Å². The number of halogens is 5. The molecule has 1 saturated carbocycles. The van der Waals surface area contributed by atoms with Crippen LogP contribution in [0.2, 0.25) is 5.02 Å². The Morgan fingerprint density at radius 2 is 1.73 bits per heavy atom. The third-order valence-corrected chi connectivity index (χ3v) is 7.20. The molecule has 0 unspecified atom stereocenters. The highest BCUT2D eigenvalue weighted by Gasteiger charge is 2.42. The number of carbonyl (C=O) groups excluding carboxylic acids is 2. The van der Waals surface area contributed by atoms with E-state index >= 15 is 0 Å². The van der Waals surface area contributed by atoms with Crippen molar-refractivity contribution in [2.45, 2.75) is 50.6 Å². The van der Waals surface area contributed by atoms with Crippen LogP contribution in [-0.4, -0.2) is 34.4 Å². The number of nitrogens with zero attached hydrogens (tertiary/aromatic N) is 1. The Bertz CT molecular complexity index is 1400. The van der Waals surface area contributed by atoms with Crippen LogP contribution in [0.25, 0.3) is 11.5 Å². The summed E-state index contributed by atoms with van der Waals surface area (Å²) in [5, 5.41) is 13.6. The van der Waals surface area contributed by atoms with Crippen LogP contribution in [0.3, 0.4) is 0 Å². The third kappa shape index (κ3) is 7.63. The fraction of sp³-hybridized carbons (Fsp3) is 0.357. The maximum Gasteiger partial charge on any atom is 0.452 e. The van der Waals surface area contributed by atoms with Crippen LogP contribution in [0.1, 0.15) is 66.3 Å². The normalized spacial score (nSPS) is 17.2. The summed E-state index contributed by atoms with van der Waals surface area (Å²) in [5.41, 5.74) is -0.0325. The number of aliphatic carboxylic acids is 1. The molecule has 0 bridgehead atoms. The van der Waals surface area contributed by atoms with Crippen molar-refractivity contribution in [2.24, 2.45) is 5.92 Å². The molecular formula is C28H26ClF4N3O5. The van der Waals surface area contributed by atoms with Gasteiger partial charge in [0.1, 0.15) is 5.82 Å². The van der Waals surface area contributed by atoms with E-state index in [1.54, 1.807) is 12.1 Å². The number of carboxylic acids is 1. The van der Waals surface area contributed by atoms with Crippen LogP contribution >= 0.6 is 11.6 Å². The molecule has 2 amide bonds. The molecular weight excluding hydrogens is 570 g/mol. The van der Waals surface area contributed by atoms with Crippen LogP contribution in [0.4, 0.5) is 23.2 Å².